The standard InChI is InChI=1S/C24H21BrN2OS/c1-16(2)19-7-4-6-10-22(19)27-23(28)20-8-3-5-9-21(20)26-24(27)29-15-17-11-13-18(25)14-12-17/h3-14,16H,15H2,1-2H3. The highest BCUT2D eigenvalue weighted by molar-refractivity contribution is 9.10. The van der Waals surface area contributed by atoms with Gasteiger partial charge in [0.25, 0.3) is 5.56 Å². The van der Waals surface area contributed by atoms with Crippen LogP contribution in [0.4, 0.5) is 0 Å². The Morgan fingerprint density at radius 2 is 1.66 bits per heavy atom. The summed E-state index contributed by atoms with van der Waals surface area (Å²) in [5.41, 5.74) is 3.93. The van der Waals surface area contributed by atoms with E-state index in [0.29, 0.717) is 16.5 Å². The van der Waals surface area contributed by atoms with Crippen molar-refractivity contribution < 1.29 is 0 Å². The summed E-state index contributed by atoms with van der Waals surface area (Å²) in [5, 5.41) is 1.35. The van der Waals surface area contributed by atoms with Gasteiger partial charge in [0.15, 0.2) is 5.16 Å². The lowest BCUT2D eigenvalue weighted by Crippen LogP contribution is -2.23. The van der Waals surface area contributed by atoms with Crippen LogP contribution in [0.2, 0.25) is 0 Å². The van der Waals surface area contributed by atoms with Gasteiger partial charge in [0.05, 0.1) is 16.6 Å². The van der Waals surface area contributed by atoms with Gasteiger partial charge in [-0.15, -0.1) is 0 Å². The predicted molar refractivity (Wildman–Crippen MR) is 125 cm³/mol. The van der Waals surface area contributed by atoms with Crippen LogP contribution in [-0.2, 0) is 5.75 Å². The highest BCUT2D eigenvalue weighted by Crippen LogP contribution is 2.29. The molecule has 0 N–H and O–H groups in total. The summed E-state index contributed by atoms with van der Waals surface area (Å²) in [6.45, 7) is 4.29. The van der Waals surface area contributed by atoms with Crippen molar-refractivity contribution in [3.05, 3.63) is 98.7 Å². The second-order valence-corrected chi connectivity index (χ2v) is 9.04. The van der Waals surface area contributed by atoms with Crippen LogP contribution < -0.4 is 5.56 Å². The molecule has 0 fully saturated rings. The second-order valence-electron chi connectivity index (χ2n) is 7.18. The predicted octanol–water partition coefficient (Wildman–Crippen LogP) is 6.56. The van der Waals surface area contributed by atoms with E-state index in [1.54, 1.807) is 16.3 Å². The lowest BCUT2D eigenvalue weighted by Gasteiger charge is -2.18. The number of hydrogen-bond acceptors (Lipinski definition) is 3. The van der Waals surface area contributed by atoms with Gasteiger partial charge in [-0.05, 0) is 47.4 Å². The van der Waals surface area contributed by atoms with Crippen molar-refractivity contribution in [2.75, 3.05) is 0 Å². The van der Waals surface area contributed by atoms with Gasteiger partial charge in [0.2, 0.25) is 0 Å². The van der Waals surface area contributed by atoms with E-state index in [-0.39, 0.29) is 5.56 Å². The Morgan fingerprint density at radius 1 is 0.966 bits per heavy atom. The van der Waals surface area contributed by atoms with Gasteiger partial charge >= 0.3 is 0 Å². The van der Waals surface area contributed by atoms with Gasteiger partial charge < -0.3 is 0 Å². The van der Waals surface area contributed by atoms with Gasteiger partial charge in [-0.1, -0.05) is 84.0 Å². The van der Waals surface area contributed by atoms with Gasteiger partial charge in [-0.25, -0.2) is 4.98 Å². The van der Waals surface area contributed by atoms with Crippen LogP contribution in [0.1, 0.15) is 30.9 Å². The van der Waals surface area contributed by atoms with Gasteiger partial charge in [-0.2, -0.15) is 0 Å². The number of benzene rings is 3. The minimum Gasteiger partial charge on any atom is -0.268 e. The van der Waals surface area contributed by atoms with E-state index in [2.05, 4.69) is 48.0 Å². The van der Waals surface area contributed by atoms with Crippen molar-refractivity contribution in [3.63, 3.8) is 0 Å². The van der Waals surface area contributed by atoms with Crippen LogP contribution in [0.5, 0.6) is 0 Å². The molecular formula is C24H21BrN2OS. The average Bonchev–Trinajstić information content (AvgIpc) is 2.73. The van der Waals surface area contributed by atoms with Crippen LogP contribution in [0, 0.1) is 0 Å². The Bertz CT molecular complexity index is 1220. The monoisotopic (exact) mass is 464 g/mol. The molecule has 146 valence electrons. The normalized spacial score (nSPS) is 11.3. The fourth-order valence-electron chi connectivity index (χ4n) is 3.33. The molecule has 0 atom stereocenters. The van der Waals surface area contributed by atoms with Crippen LogP contribution in [0.15, 0.2) is 87.2 Å². The molecule has 0 radical (unpaired) electrons. The van der Waals surface area contributed by atoms with Gasteiger partial charge in [0.1, 0.15) is 0 Å². The van der Waals surface area contributed by atoms with E-state index in [0.717, 1.165) is 27.0 Å². The van der Waals surface area contributed by atoms with Crippen molar-refractivity contribution in [3.8, 4) is 5.69 Å². The topological polar surface area (TPSA) is 34.9 Å². The third kappa shape index (κ3) is 4.16. The summed E-state index contributed by atoms with van der Waals surface area (Å²) in [6, 6.07) is 23.9. The molecule has 5 heteroatoms. The Kier molecular flexibility index (Phi) is 5.88. The first-order valence-corrected chi connectivity index (χ1v) is 11.3. The number of rotatable bonds is 5. The summed E-state index contributed by atoms with van der Waals surface area (Å²) >= 11 is 5.06. The zero-order valence-corrected chi connectivity index (χ0v) is 18.7. The molecule has 3 nitrogen and oxygen atoms in total. The quantitative estimate of drug-likeness (QED) is 0.247. The molecule has 1 aromatic heterocycles. The fourth-order valence-corrected chi connectivity index (χ4v) is 4.56. The van der Waals surface area contributed by atoms with Gasteiger partial charge in [0, 0.05) is 10.2 Å². The molecule has 1 heterocycles. The average molecular weight is 465 g/mol. The lowest BCUT2D eigenvalue weighted by atomic mass is 10.0. The van der Waals surface area contributed by atoms with E-state index in [4.69, 9.17) is 4.98 Å². The molecule has 3 aromatic carbocycles. The summed E-state index contributed by atoms with van der Waals surface area (Å²) < 4.78 is 2.83. The summed E-state index contributed by atoms with van der Waals surface area (Å²) in [6.07, 6.45) is 0. The van der Waals surface area contributed by atoms with E-state index >= 15 is 0 Å². The third-order valence-electron chi connectivity index (χ3n) is 4.83. The van der Waals surface area contributed by atoms with Crippen molar-refractivity contribution in [2.45, 2.75) is 30.7 Å². The fraction of sp³-hybridized carbons (Fsp3) is 0.167. The van der Waals surface area contributed by atoms with Crippen LogP contribution >= 0.6 is 27.7 Å². The first kappa shape index (κ1) is 19.9. The van der Waals surface area contributed by atoms with E-state index < -0.39 is 0 Å². The number of halogens is 1. The first-order valence-electron chi connectivity index (χ1n) is 9.53. The van der Waals surface area contributed by atoms with Crippen molar-refractivity contribution in [1.82, 2.24) is 9.55 Å². The number of thioether (sulfide) groups is 1. The second kappa shape index (κ2) is 8.56. The zero-order valence-electron chi connectivity index (χ0n) is 16.3. The molecule has 0 saturated heterocycles. The molecule has 0 aliphatic carbocycles. The SMILES string of the molecule is CC(C)c1ccccc1-n1c(SCc2ccc(Br)cc2)nc2ccccc2c1=O. The van der Waals surface area contributed by atoms with E-state index in [1.807, 2.05) is 54.6 Å². The minimum absolute atomic E-state index is 0.0259. The summed E-state index contributed by atoms with van der Waals surface area (Å²) in [4.78, 5) is 18.3. The number of nitrogens with zero attached hydrogens (tertiary/aromatic N) is 2. The molecule has 4 aromatic rings. The molecule has 0 amide bonds. The molecule has 0 bridgehead atoms. The lowest BCUT2D eigenvalue weighted by molar-refractivity contribution is 0.780. The van der Waals surface area contributed by atoms with Gasteiger partial charge in [-0.3, -0.25) is 9.36 Å². The largest absolute Gasteiger partial charge is 0.268 e. The minimum atomic E-state index is -0.0259. The van der Waals surface area contributed by atoms with Crippen LogP contribution in [0.3, 0.4) is 0 Å². The number of para-hydroxylation sites is 2. The molecule has 0 aliphatic rings. The molecule has 4 rings (SSSR count). The molecule has 0 spiro atoms. The summed E-state index contributed by atoms with van der Waals surface area (Å²) in [7, 11) is 0. The molecule has 0 unspecified atom stereocenters. The molecule has 0 saturated carbocycles. The van der Waals surface area contributed by atoms with Crippen LogP contribution in [0.25, 0.3) is 16.6 Å². The number of aromatic nitrogens is 2. The first-order chi connectivity index (χ1) is 14.0. The smallest absolute Gasteiger partial charge is 0.266 e. The van der Waals surface area contributed by atoms with Crippen molar-refractivity contribution >= 4 is 38.6 Å². The van der Waals surface area contributed by atoms with Crippen molar-refractivity contribution in [1.29, 1.82) is 0 Å². The Morgan fingerprint density at radius 3 is 2.41 bits per heavy atom. The highest BCUT2D eigenvalue weighted by Gasteiger charge is 2.17. The highest BCUT2D eigenvalue weighted by atomic mass is 79.9. The number of fused-ring (bicyclic) bond motifs is 1. The molecule has 29 heavy (non-hydrogen) atoms. The Hall–Kier alpha value is -2.37. The van der Waals surface area contributed by atoms with E-state index in [9.17, 15) is 4.79 Å². The van der Waals surface area contributed by atoms with Crippen LogP contribution in [-0.4, -0.2) is 9.55 Å². The maximum absolute atomic E-state index is 13.5. The molecule has 0 aliphatic heterocycles. The molecular weight excluding hydrogens is 444 g/mol. The Labute approximate surface area is 182 Å². The Balaban J connectivity index is 1.87. The van der Waals surface area contributed by atoms with Crippen molar-refractivity contribution in [2.24, 2.45) is 0 Å². The zero-order chi connectivity index (χ0) is 20.4. The van der Waals surface area contributed by atoms with E-state index in [1.165, 1.54) is 5.56 Å². The third-order valence-corrected chi connectivity index (χ3v) is 6.36. The summed E-state index contributed by atoms with van der Waals surface area (Å²) in [5.74, 6) is 1.04. The maximum Gasteiger partial charge on any atom is 0.266 e. The number of hydrogen-bond donors (Lipinski definition) is 0. The maximum atomic E-state index is 13.5.